The molecule has 0 aromatic heterocycles. The minimum Gasteiger partial charge on any atom is -0.274 e. The summed E-state index contributed by atoms with van der Waals surface area (Å²) in [6.07, 6.45) is -4.64. The number of carbonyl (C=O) groups is 2. The van der Waals surface area contributed by atoms with Crippen LogP contribution in [-0.4, -0.2) is 11.8 Å². The van der Waals surface area contributed by atoms with E-state index in [1.165, 1.54) is 0 Å². The molecule has 3 aromatic carbocycles. The zero-order valence-corrected chi connectivity index (χ0v) is 19.1. The van der Waals surface area contributed by atoms with Gasteiger partial charge in [0.15, 0.2) is 0 Å². The first-order chi connectivity index (χ1) is 15.7. The Balaban J connectivity index is 1.58. The monoisotopic (exact) mass is 531 g/mol. The number of carbonyl (C=O) groups excluding carboxylic acids is 2. The van der Waals surface area contributed by atoms with E-state index in [0.717, 1.165) is 45.4 Å². The van der Waals surface area contributed by atoms with Gasteiger partial charge >= 0.3 is 6.18 Å². The average molecular weight is 533 g/mol. The molecule has 1 heterocycles. The molecule has 2 bridgehead atoms. The molecule has 0 N–H and O–H groups in total. The second-order valence-electron chi connectivity index (χ2n) is 8.54. The van der Waals surface area contributed by atoms with Crippen LogP contribution in [0.1, 0.15) is 33.7 Å². The Labute approximate surface area is 200 Å². The molecule has 1 aliphatic heterocycles. The SMILES string of the molecule is O=C1[C@@H]2C3c4ccccc4C(Br)(c4ccccc43)[C@H]2C(=O)N1c1cc(C(F)(F)F)ccc1Cl. The van der Waals surface area contributed by atoms with Crippen LogP contribution >= 0.6 is 27.5 Å². The number of hydrogen-bond donors (Lipinski definition) is 0. The van der Waals surface area contributed by atoms with Gasteiger partial charge in [-0.05, 0) is 40.5 Å². The van der Waals surface area contributed by atoms with Gasteiger partial charge < -0.3 is 0 Å². The number of halogens is 5. The minimum atomic E-state index is -4.64. The number of amides is 2. The quantitative estimate of drug-likeness (QED) is 0.274. The highest BCUT2D eigenvalue weighted by Gasteiger charge is 2.67. The molecule has 7 rings (SSSR count). The number of nitrogens with zero attached hydrogens (tertiary/aromatic N) is 1. The second-order valence-corrected chi connectivity index (χ2v) is 10.2. The third-order valence-corrected chi connectivity index (χ3v) is 8.70. The molecule has 8 heteroatoms. The van der Waals surface area contributed by atoms with Crippen molar-refractivity contribution in [2.45, 2.75) is 16.4 Å². The lowest BCUT2D eigenvalue weighted by Gasteiger charge is -2.51. The van der Waals surface area contributed by atoms with Gasteiger partial charge in [0.05, 0.1) is 32.4 Å². The lowest BCUT2D eigenvalue weighted by Crippen LogP contribution is -2.50. The minimum absolute atomic E-state index is 0.0886. The van der Waals surface area contributed by atoms with Crippen LogP contribution in [0.3, 0.4) is 0 Å². The van der Waals surface area contributed by atoms with Gasteiger partial charge in [-0.3, -0.25) is 9.59 Å². The zero-order valence-electron chi connectivity index (χ0n) is 16.7. The Hall–Kier alpha value is -2.64. The molecule has 3 nitrogen and oxygen atoms in total. The fourth-order valence-corrected chi connectivity index (χ4v) is 7.18. The molecule has 33 heavy (non-hydrogen) atoms. The van der Waals surface area contributed by atoms with Gasteiger partial charge in [-0.25, -0.2) is 4.90 Å². The molecular weight excluding hydrogens is 519 g/mol. The highest BCUT2D eigenvalue weighted by atomic mass is 79.9. The third kappa shape index (κ3) is 2.58. The molecule has 0 spiro atoms. The Kier molecular flexibility index (Phi) is 4.25. The zero-order chi connectivity index (χ0) is 23.3. The topological polar surface area (TPSA) is 37.4 Å². The number of alkyl halides is 4. The van der Waals surface area contributed by atoms with Gasteiger partial charge in [0.1, 0.15) is 0 Å². The number of rotatable bonds is 1. The van der Waals surface area contributed by atoms with Crippen LogP contribution in [0.25, 0.3) is 0 Å². The smallest absolute Gasteiger partial charge is 0.274 e. The van der Waals surface area contributed by atoms with Crippen LogP contribution in [0.15, 0.2) is 66.7 Å². The summed E-state index contributed by atoms with van der Waals surface area (Å²) in [5.41, 5.74) is 2.46. The molecule has 1 fully saturated rings. The van der Waals surface area contributed by atoms with E-state index in [1.807, 2.05) is 48.5 Å². The van der Waals surface area contributed by atoms with E-state index in [0.29, 0.717) is 0 Å². The van der Waals surface area contributed by atoms with E-state index in [9.17, 15) is 22.8 Å². The summed E-state index contributed by atoms with van der Waals surface area (Å²) < 4.78 is 39.2. The van der Waals surface area contributed by atoms with Crippen molar-refractivity contribution in [3.63, 3.8) is 0 Å². The maximum absolute atomic E-state index is 13.8. The molecule has 2 atom stereocenters. The highest BCUT2D eigenvalue weighted by molar-refractivity contribution is 9.09. The summed E-state index contributed by atoms with van der Waals surface area (Å²) in [6, 6.07) is 18.0. The Morgan fingerprint density at radius 2 is 1.45 bits per heavy atom. The number of hydrogen-bond acceptors (Lipinski definition) is 2. The van der Waals surface area contributed by atoms with Gasteiger partial charge in [-0.1, -0.05) is 76.1 Å². The summed E-state index contributed by atoms with van der Waals surface area (Å²) in [6.45, 7) is 0. The summed E-state index contributed by atoms with van der Waals surface area (Å²) in [4.78, 5) is 28.4. The average Bonchev–Trinajstić information content (AvgIpc) is 3.05. The van der Waals surface area contributed by atoms with Gasteiger partial charge in [0.25, 0.3) is 0 Å². The van der Waals surface area contributed by atoms with E-state index in [2.05, 4.69) is 15.9 Å². The largest absolute Gasteiger partial charge is 0.416 e. The van der Waals surface area contributed by atoms with Crippen molar-refractivity contribution in [2.75, 3.05) is 4.90 Å². The molecule has 0 saturated carbocycles. The number of imide groups is 1. The highest BCUT2D eigenvalue weighted by Crippen LogP contribution is 2.66. The van der Waals surface area contributed by atoms with Crippen LogP contribution in [-0.2, 0) is 20.1 Å². The van der Waals surface area contributed by atoms with Crippen molar-refractivity contribution >= 4 is 45.0 Å². The van der Waals surface area contributed by atoms with E-state index < -0.39 is 39.7 Å². The van der Waals surface area contributed by atoms with Crippen molar-refractivity contribution in [3.8, 4) is 0 Å². The van der Waals surface area contributed by atoms with Gasteiger partial charge in [0.2, 0.25) is 11.8 Å². The molecule has 1 saturated heterocycles. The van der Waals surface area contributed by atoms with Crippen LogP contribution < -0.4 is 4.90 Å². The van der Waals surface area contributed by atoms with E-state index in [-0.39, 0.29) is 16.6 Å². The van der Waals surface area contributed by atoms with Crippen LogP contribution in [0, 0.1) is 11.8 Å². The fraction of sp³-hybridized carbons (Fsp3) is 0.200. The van der Waals surface area contributed by atoms with Crippen molar-refractivity contribution in [2.24, 2.45) is 11.8 Å². The predicted molar refractivity (Wildman–Crippen MR) is 120 cm³/mol. The van der Waals surface area contributed by atoms with Crippen LogP contribution in [0.2, 0.25) is 5.02 Å². The maximum Gasteiger partial charge on any atom is 0.416 e. The van der Waals surface area contributed by atoms with Crippen molar-refractivity contribution in [1.29, 1.82) is 0 Å². The molecule has 4 aliphatic rings. The van der Waals surface area contributed by atoms with E-state index >= 15 is 0 Å². The summed E-state index contributed by atoms with van der Waals surface area (Å²) in [5.74, 6) is -3.05. The Morgan fingerprint density at radius 3 is 2.03 bits per heavy atom. The Morgan fingerprint density at radius 1 is 0.879 bits per heavy atom. The number of benzene rings is 3. The normalized spacial score (nSPS) is 27.4. The molecule has 166 valence electrons. The summed E-state index contributed by atoms with van der Waals surface area (Å²) >= 11 is 10.1. The van der Waals surface area contributed by atoms with Crippen molar-refractivity contribution in [3.05, 3.63) is 99.6 Å². The molecule has 0 radical (unpaired) electrons. The van der Waals surface area contributed by atoms with Crippen LogP contribution in [0.4, 0.5) is 18.9 Å². The third-order valence-electron chi connectivity index (χ3n) is 7.03. The summed E-state index contributed by atoms with van der Waals surface area (Å²) in [5, 5.41) is -0.0886. The standard InChI is InChI=1S/C25H14BrClF3NO2/c26-24-15-7-3-1-5-13(15)19(14-6-2-4-8-16(14)24)20-21(24)23(33)31(22(20)32)18-11-12(25(28,29)30)9-10-17(18)27/h1-11,19-21H/t19?,20-,21-,24?/m1/s1. The Bertz CT molecular complexity index is 1320. The van der Waals surface area contributed by atoms with E-state index in [4.69, 9.17) is 11.6 Å². The molecule has 3 aromatic rings. The second kappa shape index (κ2) is 6.70. The molecule has 2 amide bonds. The number of anilines is 1. The van der Waals surface area contributed by atoms with Crippen molar-refractivity contribution < 1.29 is 22.8 Å². The molecule has 3 aliphatic carbocycles. The first-order valence-electron chi connectivity index (χ1n) is 10.3. The fourth-order valence-electron chi connectivity index (χ4n) is 5.78. The maximum atomic E-state index is 13.8. The summed E-state index contributed by atoms with van der Waals surface area (Å²) in [7, 11) is 0. The van der Waals surface area contributed by atoms with Gasteiger partial charge in [-0.2, -0.15) is 13.2 Å². The first-order valence-corrected chi connectivity index (χ1v) is 11.4. The van der Waals surface area contributed by atoms with Crippen LogP contribution in [0.5, 0.6) is 0 Å². The first kappa shape index (κ1) is 20.9. The van der Waals surface area contributed by atoms with E-state index in [1.54, 1.807) is 0 Å². The van der Waals surface area contributed by atoms with Gasteiger partial charge in [-0.15, -0.1) is 0 Å². The molecular formula is C25H14BrClF3NO2. The van der Waals surface area contributed by atoms with Gasteiger partial charge in [0, 0.05) is 5.92 Å². The lowest BCUT2D eigenvalue weighted by atomic mass is 9.55. The lowest BCUT2D eigenvalue weighted by molar-refractivity contribution is -0.137. The molecule has 0 unspecified atom stereocenters. The van der Waals surface area contributed by atoms with Crippen molar-refractivity contribution in [1.82, 2.24) is 0 Å². The predicted octanol–water partition coefficient (Wildman–Crippen LogP) is 6.26.